The van der Waals surface area contributed by atoms with Crippen LogP contribution in [0.4, 0.5) is 5.69 Å². The third-order valence-corrected chi connectivity index (χ3v) is 3.88. The average molecular weight is 266 g/mol. The Morgan fingerprint density at radius 3 is 2.42 bits per heavy atom. The molecule has 1 heterocycles. The molecule has 0 amide bonds. The highest BCUT2D eigenvalue weighted by molar-refractivity contribution is 7.13. The van der Waals surface area contributed by atoms with Gasteiger partial charge in [-0.05, 0) is 29.8 Å². The van der Waals surface area contributed by atoms with E-state index in [1.54, 1.807) is 11.3 Å². The first-order valence-electron chi connectivity index (χ1n) is 6.15. The molecule has 19 heavy (non-hydrogen) atoms. The van der Waals surface area contributed by atoms with E-state index >= 15 is 0 Å². The van der Waals surface area contributed by atoms with Crippen molar-refractivity contribution < 1.29 is 0 Å². The van der Waals surface area contributed by atoms with Crippen LogP contribution in [0.2, 0.25) is 0 Å². The van der Waals surface area contributed by atoms with Crippen molar-refractivity contribution in [2.75, 3.05) is 5.73 Å². The Morgan fingerprint density at radius 2 is 1.68 bits per heavy atom. The second-order valence-corrected chi connectivity index (χ2v) is 5.29. The summed E-state index contributed by atoms with van der Waals surface area (Å²) in [5.74, 6) is 0. The summed E-state index contributed by atoms with van der Waals surface area (Å²) >= 11 is 1.68. The van der Waals surface area contributed by atoms with Crippen molar-refractivity contribution in [1.82, 2.24) is 4.98 Å². The molecule has 0 aliphatic carbocycles. The van der Waals surface area contributed by atoms with E-state index in [4.69, 9.17) is 5.73 Å². The van der Waals surface area contributed by atoms with Crippen LogP contribution in [0.25, 0.3) is 10.6 Å². The fraction of sp³-hybridized carbons (Fsp3) is 0.0625. The quantitative estimate of drug-likeness (QED) is 0.728. The average Bonchev–Trinajstić information content (AvgIpc) is 2.89. The maximum absolute atomic E-state index is 5.70. The van der Waals surface area contributed by atoms with Gasteiger partial charge in [0.05, 0.1) is 5.69 Å². The highest BCUT2D eigenvalue weighted by atomic mass is 32.1. The van der Waals surface area contributed by atoms with E-state index in [1.165, 1.54) is 5.56 Å². The zero-order chi connectivity index (χ0) is 13.1. The van der Waals surface area contributed by atoms with Crippen molar-refractivity contribution in [2.24, 2.45) is 0 Å². The van der Waals surface area contributed by atoms with Gasteiger partial charge in [0.1, 0.15) is 5.01 Å². The highest BCUT2D eigenvalue weighted by Crippen LogP contribution is 2.25. The highest BCUT2D eigenvalue weighted by Gasteiger charge is 2.05. The van der Waals surface area contributed by atoms with Crippen LogP contribution in [0.15, 0.2) is 60.0 Å². The molecular weight excluding hydrogens is 252 g/mol. The molecule has 0 aliphatic rings. The van der Waals surface area contributed by atoms with E-state index in [2.05, 4.69) is 34.6 Å². The van der Waals surface area contributed by atoms with E-state index < -0.39 is 0 Å². The molecule has 2 N–H and O–H groups in total. The number of thiazole rings is 1. The Kier molecular flexibility index (Phi) is 3.29. The number of rotatable bonds is 3. The summed E-state index contributed by atoms with van der Waals surface area (Å²) < 4.78 is 0. The molecule has 3 aromatic rings. The van der Waals surface area contributed by atoms with Crippen LogP contribution in [-0.2, 0) is 6.42 Å². The molecule has 0 atom stereocenters. The van der Waals surface area contributed by atoms with Crippen LogP contribution in [0.1, 0.15) is 11.3 Å². The first-order chi connectivity index (χ1) is 9.31. The fourth-order valence-electron chi connectivity index (χ4n) is 1.95. The van der Waals surface area contributed by atoms with Crippen molar-refractivity contribution in [3.8, 4) is 10.6 Å². The van der Waals surface area contributed by atoms with Gasteiger partial charge in [-0.3, -0.25) is 0 Å². The van der Waals surface area contributed by atoms with Crippen LogP contribution in [0, 0.1) is 0 Å². The molecule has 0 fully saturated rings. The number of anilines is 1. The summed E-state index contributed by atoms with van der Waals surface area (Å²) in [7, 11) is 0. The van der Waals surface area contributed by atoms with Gasteiger partial charge >= 0.3 is 0 Å². The molecule has 0 radical (unpaired) electrons. The molecule has 94 valence electrons. The largest absolute Gasteiger partial charge is 0.399 e. The van der Waals surface area contributed by atoms with Crippen LogP contribution in [0.5, 0.6) is 0 Å². The normalized spacial score (nSPS) is 10.5. The monoisotopic (exact) mass is 266 g/mol. The Hall–Kier alpha value is -2.13. The van der Waals surface area contributed by atoms with Crippen LogP contribution >= 0.6 is 11.3 Å². The van der Waals surface area contributed by atoms with Crippen molar-refractivity contribution >= 4 is 17.0 Å². The molecule has 3 heteroatoms. The van der Waals surface area contributed by atoms with Gasteiger partial charge in [-0.1, -0.05) is 30.3 Å². The lowest BCUT2D eigenvalue weighted by Crippen LogP contribution is -1.88. The molecule has 0 saturated heterocycles. The van der Waals surface area contributed by atoms with Gasteiger partial charge < -0.3 is 5.73 Å². The number of nitrogens with zero attached hydrogens (tertiary/aromatic N) is 1. The minimum absolute atomic E-state index is 0.782. The van der Waals surface area contributed by atoms with Gasteiger partial charge in [-0.2, -0.15) is 0 Å². The molecule has 0 bridgehead atoms. The lowest BCUT2D eigenvalue weighted by atomic mass is 10.1. The minimum Gasteiger partial charge on any atom is -0.399 e. The predicted molar refractivity (Wildman–Crippen MR) is 81.2 cm³/mol. The number of hydrogen-bond donors (Lipinski definition) is 1. The Balaban J connectivity index is 1.82. The van der Waals surface area contributed by atoms with Gasteiger partial charge in [0.2, 0.25) is 0 Å². The summed E-state index contributed by atoms with van der Waals surface area (Å²) in [6.45, 7) is 0. The lowest BCUT2D eigenvalue weighted by Gasteiger charge is -1.98. The smallest absolute Gasteiger partial charge is 0.123 e. The van der Waals surface area contributed by atoms with E-state index in [-0.39, 0.29) is 0 Å². The van der Waals surface area contributed by atoms with E-state index in [0.29, 0.717) is 0 Å². The first kappa shape index (κ1) is 11.9. The van der Waals surface area contributed by atoms with Crippen molar-refractivity contribution in [3.05, 3.63) is 71.2 Å². The summed E-state index contributed by atoms with van der Waals surface area (Å²) in [6, 6.07) is 18.3. The molecule has 1 aromatic heterocycles. The zero-order valence-electron chi connectivity index (χ0n) is 10.4. The van der Waals surface area contributed by atoms with Crippen LogP contribution in [0.3, 0.4) is 0 Å². The molecule has 3 rings (SSSR count). The van der Waals surface area contributed by atoms with Crippen molar-refractivity contribution in [2.45, 2.75) is 6.42 Å². The maximum Gasteiger partial charge on any atom is 0.123 e. The molecule has 0 aliphatic heterocycles. The second-order valence-electron chi connectivity index (χ2n) is 4.43. The van der Waals surface area contributed by atoms with Gasteiger partial charge in [0.25, 0.3) is 0 Å². The number of nitrogen functional groups attached to an aromatic ring is 1. The Labute approximate surface area is 116 Å². The third kappa shape index (κ3) is 2.83. The first-order valence-corrected chi connectivity index (χ1v) is 7.03. The topological polar surface area (TPSA) is 38.9 Å². The minimum atomic E-state index is 0.782. The third-order valence-electron chi connectivity index (χ3n) is 2.94. The number of nitrogens with two attached hydrogens (primary N) is 1. The second kappa shape index (κ2) is 5.24. The van der Waals surface area contributed by atoms with E-state index in [9.17, 15) is 0 Å². The van der Waals surface area contributed by atoms with Crippen molar-refractivity contribution in [1.29, 1.82) is 0 Å². The lowest BCUT2D eigenvalue weighted by molar-refractivity contribution is 1.11. The molecule has 0 saturated carbocycles. The fourth-order valence-corrected chi connectivity index (χ4v) is 2.78. The van der Waals surface area contributed by atoms with Gasteiger partial charge in [0.15, 0.2) is 0 Å². The van der Waals surface area contributed by atoms with Crippen LogP contribution < -0.4 is 5.73 Å². The van der Waals surface area contributed by atoms with Crippen molar-refractivity contribution in [3.63, 3.8) is 0 Å². The summed E-state index contributed by atoms with van der Waals surface area (Å²) in [5.41, 5.74) is 10.0. The molecule has 2 nitrogen and oxygen atoms in total. The molecule has 0 unspecified atom stereocenters. The molecular formula is C16H14N2S. The van der Waals surface area contributed by atoms with Gasteiger partial charge in [-0.15, -0.1) is 11.3 Å². The standard InChI is InChI=1S/C16H14N2S/c17-14-8-6-13(7-9-14)16-18-15(11-19-16)10-12-4-2-1-3-5-12/h1-9,11H,10,17H2. The van der Waals surface area contributed by atoms with Crippen LogP contribution in [-0.4, -0.2) is 4.98 Å². The van der Waals surface area contributed by atoms with E-state index in [1.807, 2.05) is 30.3 Å². The summed E-state index contributed by atoms with van der Waals surface area (Å²) in [6.07, 6.45) is 0.881. The number of hydrogen-bond acceptors (Lipinski definition) is 3. The molecule has 2 aromatic carbocycles. The maximum atomic E-state index is 5.70. The Morgan fingerprint density at radius 1 is 0.947 bits per heavy atom. The predicted octanol–water partition coefficient (Wildman–Crippen LogP) is 3.98. The Bertz CT molecular complexity index is 657. The van der Waals surface area contributed by atoms with E-state index in [0.717, 1.165) is 28.4 Å². The molecule has 0 spiro atoms. The number of benzene rings is 2. The summed E-state index contributed by atoms with van der Waals surface area (Å²) in [5, 5.41) is 3.17. The zero-order valence-corrected chi connectivity index (χ0v) is 11.2. The van der Waals surface area contributed by atoms with Gasteiger partial charge in [0, 0.05) is 23.1 Å². The number of aromatic nitrogens is 1. The SMILES string of the molecule is Nc1ccc(-c2nc(Cc3ccccc3)cs2)cc1. The summed E-state index contributed by atoms with van der Waals surface area (Å²) in [4.78, 5) is 4.68. The van der Waals surface area contributed by atoms with Gasteiger partial charge in [-0.25, -0.2) is 4.98 Å².